The number of hydrogen-bond acceptors (Lipinski definition) is 6. The number of aromatic nitrogens is 3. The number of hydrogen-bond donors (Lipinski definition) is 0. The topological polar surface area (TPSA) is 38.5 Å². The van der Waals surface area contributed by atoms with Gasteiger partial charge in [0, 0.05) is 49.8 Å². The molecule has 2 saturated heterocycles. The highest BCUT2D eigenvalue weighted by molar-refractivity contribution is 7.71. The molecule has 6 nitrogen and oxygen atoms in total. The number of rotatable bonds is 7. The summed E-state index contributed by atoms with van der Waals surface area (Å²) in [6.07, 6.45) is 2.26. The van der Waals surface area contributed by atoms with Crippen LogP contribution in [-0.4, -0.2) is 63.0 Å². The Balaban J connectivity index is 1.31. The maximum absolute atomic E-state index is 13.5. The van der Waals surface area contributed by atoms with Crippen LogP contribution in [0.3, 0.4) is 0 Å². The molecule has 0 spiro atoms. The second-order valence-corrected chi connectivity index (χ2v) is 9.87. The van der Waals surface area contributed by atoms with Crippen LogP contribution in [-0.2, 0) is 24.5 Å². The van der Waals surface area contributed by atoms with Gasteiger partial charge in [0.15, 0.2) is 10.6 Å². The van der Waals surface area contributed by atoms with Crippen LogP contribution in [0.15, 0.2) is 41.8 Å². The summed E-state index contributed by atoms with van der Waals surface area (Å²) >= 11 is 7.66. The fraction of sp³-hybridized carbons (Fsp3) is 0.478. The van der Waals surface area contributed by atoms with Gasteiger partial charge in [-0.3, -0.25) is 14.4 Å². The summed E-state index contributed by atoms with van der Waals surface area (Å²) in [6.45, 7) is 7.20. The first kappa shape index (κ1) is 21.9. The molecule has 2 aliphatic heterocycles. The van der Waals surface area contributed by atoms with Crippen LogP contribution in [0.4, 0.5) is 4.39 Å². The summed E-state index contributed by atoms with van der Waals surface area (Å²) in [5.74, 6) is 0.528. The van der Waals surface area contributed by atoms with Crippen molar-refractivity contribution in [3.8, 4) is 11.4 Å². The van der Waals surface area contributed by atoms with Crippen molar-refractivity contribution in [2.24, 2.45) is 0 Å². The molecule has 2 fully saturated rings. The van der Waals surface area contributed by atoms with Crippen LogP contribution >= 0.6 is 23.6 Å². The lowest BCUT2D eigenvalue weighted by Crippen LogP contribution is -2.46. The van der Waals surface area contributed by atoms with E-state index in [1.807, 2.05) is 16.0 Å². The zero-order valence-electron chi connectivity index (χ0n) is 18.0. The fourth-order valence-corrected chi connectivity index (χ4v) is 5.41. The molecule has 1 aromatic carbocycles. The lowest BCUT2D eigenvalue weighted by atomic mass is 10.2. The van der Waals surface area contributed by atoms with Gasteiger partial charge in [-0.05, 0) is 60.8 Å². The zero-order chi connectivity index (χ0) is 21.9. The molecule has 0 N–H and O–H groups in total. The van der Waals surface area contributed by atoms with E-state index >= 15 is 0 Å². The number of ether oxygens (including phenoxy) is 1. The molecule has 2 aromatic heterocycles. The number of halogens is 1. The first-order chi connectivity index (χ1) is 15.7. The van der Waals surface area contributed by atoms with Gasteiger partial charge in [-0.2, -0.15) is 5.10 Å². The van der Waals surface area contributed by atoms with Gasteiger partial charge < -0.3 is 4.74 Å². The third kappa shape index (κ3) is 5.02. The third-order valence-electron chi connectivity index (χ3n) is 6.19. The van der Waals surface area contributed by atoms with Crippen molar-refractivity contribution in [3.63, 3.8) is 0 Å². The van der Waals surface area contributed by atoms with Gasteiger partial charge in [-0.25, -0.2) is 9.07 Å². The number of thiophene rings is 1. The molecule has 3 aromatic rings. The highest BCUT2D eigenvalue weighted by Crippen LogP contribution is 2.23. The Labute approximate surface area is 196 Å². The van der Waals surface area contributed by atoms with Crippen molar-refractivity contribution in [1.29, 1.82) is 0 Å². The first-order valence-electron chi connectivity index (χ1n) is 11.2. The largest absolute Gasteiger partial charge is 0.376 e. The van der Waals surface area contributed by atoms with E-state index in [0.717, 1.165) is 63.6 Å². The van der Waals surface area contributed by atoms with Crippen LogP contribution in [0.1, 0.15) is 17.7 Å². The second-order valence-electron chi connectivity index (χ2n) is 8.47. The Morgan fingerprint density at radius 1 is 1.09 bits per heavy atom. The molecule has 0 radical (unpaired) electrons. The van der Waals surface area contributed by atoms with E-state index in [9.17, 15) is 4.39 Å². The fourth-order valence-electron chi connectivity index (χ4n) is 4.40. The minimum atomic E-state index is -0.252. The van der Waals surface area contributed by atoms with Gasteiger partial charge in [0.05, 0.1) is 19.3 Å². The molecule has 0 bridgehead atoms. The van der Waals surface area contributed by atoms with E-state index in [1.54, 1.807) is 12.1 Å². The molecule has 4 heterocycles. The predicted molar refractivity (Wildman–Crippen MR) is 127 cm³/mol. The minimum absolute atomic E-state index is 0.152. The summed E-state index contributed by atoms with van der Waals surface area (Å²) in [5, 5.41) is 7.01. The molecule has 0 saturated carbocycles. The summed E-state index contributed by atoms with van der Waals surface area (Å²) in [6, 6.07) is 10.8. The van der Waals surface area contributed by atoms with E-state index in [4.69, 9.17) is 22.1 Å². The average Bonchev–Trinajstić information content (AvgIpc) is 3.56. The van der Waals surface area contributed by atoms with Gasteiger partial charge in [-0.15, -0.1) is 11.3 Å². The van der Waals surface area contributed by atoms with Crippen molar-refractivity contribution in [1.82, 2.24) is 24.1 Å². The molecule has 0 amide bonds. The Bertz CT molecular complexity index is 1070. The lowest BCUT2D eigenvalue weighted by molar-refractivity contribution is 0.0938. The van der Waals surface area contributed by atoms with Gasteiger partial charge in [0.2, 0.25) is 0 Å². The van der Waals surface area contributed by atoms with E-state index < -0.39 is 0 Å². The molecule has 5 rings (SSSR count). The highest BCUT2D eigenvalue weighted by atomic mass is 32.1. The van der Waals surface area contributed by atoms with Crippen LogP contribution in [0.25, 0.3) is 11.4 Å². The molecule has 0 aliphatic carbocycles. The van der Waals surface area contributed by atoms with Gasteiger partial charge in [-0.1, -0.05) is 6.07 Å². The summed E-state index contributed by atoms with van der Waals surface area (Å²) in [7, 11) is 0. The van der Waals surface area contributed by atoms with E-state index in [1.165, 1.54) is 17.0 Å². The predicted octanol–water partition coefficient (Wildman–Crippen LogP) is 4.24. The summed E-state index contributed by atoms with van der Waals surface area (Å²) in [4.78, 5) is 6.32. The third-order valence-corrected chi connectivity index (χ3v) is 7.49. The highest BCUT2D eigenvalue weighted by Gasteiger charge is 2.23. The first-order valence-corrected chi connectivity index (χ1v) is 12.5. The summed E-state index contributed by atoms with van der Waals surface area (Å²) < 4.78 is 24.0. The monoisotopic (exact) mass is 473 g/mol. The quantitative estimate of drug-likeness (QED) is 0.480. The molecule has 1 atom stereocenters. The lowest BCUT2D eigenvalue weighted by Gasteiger charge is -2.34. The molecule has 1 unspecified atom stereocenters. The van der Waals surface area contributed by atoms with Crippen LogP contribution in [0.2, 0.25) is 0 Å². The number of piperazine rings is 1. The Kier molecular flexibility index (Phi) is 6.80. The van der Waals surface area contributed by atoms with Gasteiger partial charge in [0.25, 0.3) is 0 Å². The average molecular weight is 474 g/mol. The second kappa shape index (κ2) is 9.93. The van der Waals surface area contributed by atoms with Gasteiger partial charge in [0.1, 0.15) is 5.82 Å². The minimum Gasteiger partial charge on any atom is -0.376 e. The zero-order valence-corrected chi connectivity index (χ0v) is 19.7. The smallest absolute Gasteiger partial charge is 0.199 e. The van der Waals surface area contributed by atoms with Crippen LogP contribution in [0, 0.1) is 10.6 Å². The Hall–Kier alpha value is -1.91. The van der Waals surface area contributed by atoms with Crippen LogP contribution in [0.5, 0.6) is 0 Å². The van der Waals surface area contributed by atoms with E-state index in [0.29, 0.717) is 18.0 Å². The molecule has 9 heteroatoms. The number of benzene rings is 1. The standard InChI is InChI=1S/C23H28FN5OS2/c24-19-7-5-18(6-8-19)22-25-29(23(31)28(22)15-20-3-1-13-30-20)17-27-11-9-26(10-12-27)16-21-4-2-14-32-21/h2,4-8,14,20H,1,3,9-13,15-17H2. The summed E-state index contributed by atoms with van der Waals surface area (Å²) in [5.41, 5.74) is 0.870. The van der Waals surface area contributed by atoms with Crippen molar-refractivity contribution in [3.05, 3.63) is 57.2 Å². The van der Waals surface area contributed by atoms with Crippen LogP contribution < -0.4 is 0 Å². The molecule has 32 heavy (non-hydrogen) atoms. The molecule has 2 aliphatic rings. The maximum atomic E-state index is 13.5. The van der Waals surface area contributed by atoms with E-state index in [2.05, 4.69) is 31.9 Å². The SMILES string of the molecule is Fc1ccc(-c2nn(CN3CCN(Cc4cccs4)CC3)c(=S)n2CC2CCCO2)cc1. The van der Waals surface area contributed by atoms with Crippen molar-refractivity contribution >= 4 is 23.6 Å². The Morgan fingerprint density at radius 3 is 2.56 bits per heavy atom. The molecular formula is C23H28FN5OS2. The normalized spacial score (nSPS) is 20.2. The number of nitrogens with zero attached hydrogens (tertiary/aromatic N) is 5. The van der Waals surface area contributed by atoms with Crippen molar-refractivity contribution in [2.75, 3.05) is 32.8 Å². The van der Waals surface area contributed by atoms with Gasteiger partial charge >= 0.3 is 0 Å². The van der Waals surface area contributed by atoms with Crippen molar-refractivity contribution < 1.29 is 9.13 Å². The molecule has 170 valence electrons. The Morgan fingerprint density at radius 2 is 1.88 bits per heavy atom. The van der Waals surface area contributed by atoms with E-state index in [-0.39, 0.29) is 11.9 Å². The van der Waals surface area contributed by atoms with Crippen molar-refractivity contribution in [2.45, 2.75) is 38.7 Å². The molecular weight excluding hydrogens is 445 g/mol. The maximum Gasteiger partial charge on any atom is 0.199 e.